The zero-order valence-corrected chi connectivity index (χ0v) is 36.9. The molecule has 324 valence electrons. The molecular weight excluding hydrogens is 691 g/mol. The quantitative estimate of drug-likeness (QED) is 0.0263. The van der Waals surface area contributed by atoms with Gasteiger partial charge in [-0.15, -0.1) is 0 Å². The highest BCUT2D eigenvalue weighted by molar-refractivity contribution is 5.70. The predicted molar refractivity (Wildman–Crippen MR) is 227 cm³/mol. The molecule has 0 aromatic carbocycles. The van der Waals surface area contributed by atoms with Crippen molar-refractivity contribution in [3.05, 3.63) is 12.2 Å². The van der Waals surface area contributed by atoms with Crippen LogP contribution in [-0.4, -0.2) is 75.5 Å². The van der Waals surface area contributed by atoms with Gasteiger partial charge in [-0.2, -0.15) is 0 Å². The van der Waals surface area contributed by atoms with Gasteiger partial charge in [0.15, 0.2) is 6.10 Å². The molecule has 0 amide bonds. The molecular formula is C47H89NO7. The van der Waals surface area contributed by atoms with Gasteiger partial charge in [-0.25, -0.2) is 0 Å². The van der Waals surface area contributed by atoms with Crippen LogP contribution in [0.25, 0.3) is 0 Å². The van der Waals surface area contributed by atoms with Crippen molar-refractivity contribution in [3.63, 3.8) is 0 Å². The minimum atomic E-state index is -1.12. The SMILES string of the molecule is CCCCCCCCCCCCCC/C=C/CCCCCCCCCC(=O)OC(COCCC(C(=O)[O-])[N+](C)(C)C)COC(=O)CCCCCCCCCC. The standard InChI is InChI=1S/C47H89NO7/c1-6-8-10-12-14-16-17-18-19-20-21-22-23-24-25-26-27-28-29-30-32-34-36-38-46(50)55-43(41-53-40-39-44(47(51)52)48(3,4)5)42-54-45(49)37-35-33-31-15-13-11-9-7-2/h24-25,43-44H,6-23,26-42H2,1-5H3/b25-24+. The Morgan fingerprint density at radius 1 is 0.527 bits per heavy atom. The van der Waals surface area contributed by atoms with Gasteiger partial charge >= 0.3 is 11.9 Å². The second-order valence-electron chi connectivity index (χ2n) is 17.0. The van der Waals surface area contributed by atoms with E-state index in [-0.39, 0.29) is 42.7 Å². The smallest absolute Gasteiger partial charge is 0.306 e. The van der Waals surface area contributed by atoms with Gasteiger partial charge in [-0.1, -0.05) is 174 Å². The van der Waals surface area contributed by atoms with Crippen LogP contribution in [0.2, 0.25) is 0 Å². The van der Waals surface area contributed by atoms with E-state index in [0.717, 1.165) is 38.5 Å². The molecule has 55 heavy (non-hydrogen) atoms. The Morgan fingerprint density at radius 2 is 0.909 bits per heavy atom. The van der Waals surface area contributed by atoms with E-state index in [1.165, 1.54) is 148 Å². The van der Waals surface area contributed by atoms with Crippen LogP contribution in [0.3, 0.4) is 0 Å². The van der Waals surface area contributed by atoms with Crippen LogP contribution in [-0.2, 0) is 28.6 Å². The van der Waals surface area contributed by atoms with Gasteiger partial charge in [-0.3, -0.25) is 9.59 Å². The molecule has 0 saturated heterocycles. The summed E-state index contributed by atoms with van der Waals surface area (Å²) in [7, 11) is 5.41. The van der Waals surface area contributed by atoms with E-state index in [9.17, 15) is 19.5 Å². The van der Waals surface area contributed by atoms with Gasteiger partial charge in [0.1, 0.15) is 12.6 Å². The number of allylic oxidation sites excluding steroid dienone is 2. The summed E-state index contributed by atoms with van der Waals surface area (Å²) >= 11 is 0. The van der Waals surface area contributed by atoms with E-state index in [0.29, 0.717) is 12.8 Å². The van der Waals surface area contributed by atoms with Crippen LogP contribution >= 0.6 is 0 Å². The summed E-state index contributed by atoms with van der Waals surface area (Å²) in [4.78, 5) is 36.7. The number of carbonyl (C=O) groups excluding carboxylic acids is 3. The molecule has 0 aliphatic carbocycles. The highest BCUT2D eigenvalue weighted by atomic mass is 16.6. The number of nitrogens with zero attached hydrogens (tertiary/aromatic N) is 1. The number of carboxylic acid groups (broad SMARTS) is 1. The lowest BCUT2D eigenvalue weighted by atomic mass is 10.0. The van der Waals surface area contributed by atoms with Crippen molar-refractivity contribution in [2.75, 3.05) is 41.0 Å². The van der Waals surface area contributed by atoms with Crippen LogP contribution in [0.5, 0.6) is 0 Å². The average molecular weight is 780 g/mol. The first-order valence-electron chi connectivity index (χ1n) is 23.2. The molecule has 0 aliphatic heterocycles. The molecule has 0 saturated carbocycles. The Hall–Kier alpha value is -1.93. The van der Waals surface area contributed by atoms with Crippen molar-refractivity contribution in [2.24, 2.45) is 0 Å². The third-order valence-electron chi connectivity index (χ3n) is 10.7. The first-order chi connectivity index (χ1) is 26.6. The summed E-state index contributed by atoms with van der Waals surface area (Å²) in [5.74, 6) is -1.73. The number of unbranched alkanes of at least 4 members (excludes halogenated alkanes) is 26. The number of likely N-dealkylation sites (N-methyl/N-ethyl adjacent to an activating group) is 1. The maximum Gasteiger partial charge on any atom is 0.306 e. The number of aliphatic carboxylic acids is 1. The zero-order chi connectivity index (χ0) is 40.7. The number of rotatable bonds is 42. The fourth-order valence-corrected chi connectivity index (χ4v) is 7.01. The average Bonchev–Trinajstić information content (AvgIpc) is 3.14. The number of ether oxygens (including phenoxy) is 3. The number of hydrogen-bond donors (Lipinski definition) is 0. The maximum atomic E-state index is 12.7. The summed E-state index contributed by atoms with van der Waals surface area (Å²) in [5, 5.41) is 11.6. The van der Waals surface area contributed by atoms with E-state index < -0.39 is 18.1 Å². The van der Waals surface area contributed by atoms with Crippen molar-refractivity contribution in [1.82, 2.24) is 0 Å². The van der Waals surface area contributed by atoms with Gasteiger partial charge in [0.05, 0.1) is 40.3 Å². The summed E-state index contributed by atoms with van der Waals surface area (Å²) < 4.78 is 17.1. The Balaban J connectivity index is 4.14. The van der Waals surface area contributed by atoms with Crippen molar-refractivity contribution < 1.29 is 38.2 Å². The van der Waals surface area contributed by atoms with Crippen molar-refractivity contribution >= 4 is 17.9 Å². The molecule has 0 bridgehead atoms. The van der Waals surface area contributed by atoms with E-state index in [1.54, 1.807) is 21.1 Å². The van der Waals surface area contributed by atoms with Crippen molar-refractivity contribution in [1.29, 1.82) is 0 Å². The number of hydrogen-bond acceptors (Lipinski definition) is 7. The lowest BCUT2D eigenvalue weighted by Gasteiger charge is -2.34. The van der Waals surface area contributed by atoms with Crippen molar-refractivity contribution in [3.8, 4) is 0 Å². The summed E-state index contributed by atoms with van der Waals surface area (Å²) in [5.41, 5.74) is 0. The van der Waals surface area contributed by atoms with Crippen LogP contribution in [0, 0.1) is 0 Å². The fraction of sp³-hybridized carbons (Fsp3) is 0.894. The number of carbonyl (C=O) groups is 3. The largest absolute Gasteiger partial charge is 0.544 e. The molecule has 8 heteroatoms. The van der Waals surface area contributed by atoms with Gasteiger partial charge in [0, 0.05) is 19.3 Å². The lowest BCUT2D eigenvalue weighted by molar-refractivity contribution is -0.889. The zero-order valence-electron chi connectivity index (χ0n) is 36.9. The van der Waals surface area contributed by atoms with Crippen LogP contribution < -0.4 is 5.11 Å². The van der Waals surface area contributed by atoms with Crippen LogP contribution in [0.1, 0.15) is 219 Å². The normalized spacial score (nSPS) is 13.0. The van der Waals surface area contributed by atoms with Gasteiger partial charge in [0.25, 0.3) is 0 Å². The highest BCUT2D eigenvalue weighted by Crippen LogP contribution is 2.15. The van der Waals surface area contributed by atoms with Crippen LogP contribution in [0.4, 0.5) is 0 Å². The fourth-order valence-electron chi connectivity index (χ4n) is 7.01. The second kappa shape index (κ2) is 38.9. The lowest BCUT2D eigenvalue weighted by Crippen LogP contribution is -2.55. The first kappa shape index (κ1) is 53.1. The molecule has 0 heterocycles. The molecule has 0 N–H and O–H groups in total. The monoisotopic (exact) mass is 780 g/mol. The summed E-state index contributed by atoms with van der Waals surface area (Å²) in [6.07, 6.45) is 41.1. The van der Waals surface area contributed by atoms with E-state index in [4.69, 9.17) is 14.2 Å². The molecule has 0 radical (unpaired) electrons. The molecule has 0 aromatic heterocycles. The first-order valence-corrected chi connectivity index (χ1v) is 23.2. The third kappa shape index (κ3) is 37.4. The third-order valence-corrected chi connectivity index (χ3v) is 10.7. The Labute approximate surface area is 339 Å². The van der Waals surface area contributed by atoms with Crippen molar-refractivity contribution in [2.45, 2.75) is 231 Å². The van der Waals surface area contributed by atoms with Gasteiger partial charge in [-0.05, 0) is 38.5 Å². The molecule has 0 aromatic rings. The van der Waals surface area contributed by atoms with E-state index in [2.05, 4.69) is 26.0 Å². The Morgan fingerprint density at radius 3 is 1.31 bits per heavy atom. The molecule has 0 rings (SSSR count). The second-order valence-corrected chi connectivity index (χ2v) is 17.0. The molecule has 2 unspecified atom stereocenters. The molecule has 2 atom stereocenters. The molecule has 0 aliphatic rings. The number of quaternary nitrogens is 1. The summed E-state index contributed by atoms with van der Waals surface area (Å²) in [6.45, 7) is 4.65. The minimum Gasteiger partial charge on any atom is -0.544 e. The molecule has 8 nitrogen and oxygen atoms in total. The summed E-state index contributed by atoms with van der Waals surface area (Å²) in [6, 6.07) is -0.721. The molecule has 0 fully saturated rings. The predicted octanol–water partition coefficient (Wildman–Crippen LogP) is 11.4. The van der Waals surface area contributed by atoms with Gasteiger partial charge in [0.2, 0.25) is 0 Å². The highest BCUT2D eigenvalue weighted by Gasteiger charge is 2.25. The Kier molecular flexibility index (Phi) is 37.6. The Bertz CT molecular complexity index is 915. The maximum absolute atomic E-state index is 12.7. The number of carboxylic acids is 1. The van der Waals surface area contributed by atoms with Gasteiger partial charge < -0.3 is 28.6 Å². The van der Waals surface area contributed by atoms with E-state index >= 15 is 0 Å². The topological polar surface area (TPSA) is 102 Å². The molecule has 0 spiro atoms. The number of esters is 2. The van der Waals surface area contributed by atoms with E-state index in [1.807, 2.05) is 0 Å². The minimum absolute atomic E-state index is 0.0439. The van der Waals surface area contributed by atoms with Crippen LogP contribution in [0.15, 0.2) is 12.2 Å².